The smallest absolute Gasteiger partial charge is 0.441 e. The van der Waals surface area contributed by atoms with E-state index >= 15 is 0 Å². The van der Waals surface area contributed by atoms with E-state index in [1.165, 1.54) is 32.1 Å². The number of aliphatic hydroxyl groups excluding tert-OH is 2. The Morgan fingerprint density at radius 3 is 1.89 bits per heavy atom. The van der Waals surface area contributed by atoms with Crippen molar-refractivity contribution in [2.75, 3.05) is 26.3 Å². The Kier molecular flexibility index (Phi) is 48.7. The number of carbonyl (C=O) groups is 2. The number of terminal acetylenes is 1. The lowest BCUT2D eigenvalue weighted by molar-refractivity contribution is -0.0980. The van der Waals surface area contributed by atoms with Crippen LogP contribution >= 0.6 is 0 Å². The zero-order chi connectivity index (χ0) is 36.8. The van der Waals surface area contributed by atoms with Crippen molar-refractivity contribution < 1.29 is 38.1 Å². The fourth-order valence-electron chi connectivity index (χ4n) is 3.68. The average molecular weight is 663 g/mol. The second kappa shape index (κ2) is 42.3. The van der Waals surface area contributed by atoms with Crippen LogP contribution in [0.15, 0.2) is 13.6 Å². The predicted octanol–water partition coefficient (Wildman–Crippen LogP) is 7.02. The molecule has 0 unspecified atom stereocenters. The molecule has 1 rings (SSSR count). The van der Waals surface area contributed by atoms with Gasteiger partial charge in [0.25, 0.3) is 0 Å². The summed E-state index contributed by atoms with van der Waals surface area (Å²) in [7, 11) is 0. The summed E-state index contributed by atoms with van der Waals surface area (Å²) >= 11 is 0. The first-order valence-corrected chi connectivity index (χ1v) is 16.9. The average Bonchev–Trinajstić information content (AvgIpc) is 3.41. The maximum absolute atomic E-state index is 12.3. The largest absolute Gasteiger partial charge is 0.519 e. The van der Waals surface area contributed by atoms with Gasteiger partial charge in [0, 0.05) is 25.7 Å². The zero-order valence-electron chi connectivity index (χ0n) is 30.7. The molecule has 0 saturated carbocycles. The van der Waals surface area contributed by atoms with Crippen molar-refractivity contribution >= 4 is 12.9 Å². The summed E-state index contributed by atoms with van der Waals surface area (Å²) in [5, 5.41) is 17.7. The van der Waals surface area contributed by atoms with Crippen molar-refractivity contribution in [2.24, 2.45) is 5.73 Å². The lowest BCUT2D eigenvalue weighted by Gasteiger charge is -2.27. The molecule has 0 aliphatic heterocycles. The number of ether oxygens (including phenoxy) is 2. The number of aliphatic hydroxyl groups is 2. The fraction of sp³-hybridized carbons (Fsp3) is 0.800. The van der Waals surface area contributed by atoms with Gasteiger partial charge in [0.2, 0.25) is 0 Å². The molecule has 46 heavy (non-hydrogen) atoms. The van der Waals surface area contributed by atoms with Gasteiger partial charge >= 0.3 is 11.9 Å². The van der Waals surface area contributed by atoms with E-state index in [-0.39, 0.29) is 43.8 Å². The predicted molar refractivity (Wildman–Crippen MR) is 188 cm³/mol. The first-order chi connectivity index (χ1) is 22.2. The molecule has 11 nitrogen and oxygen atoms in total. The van der Waals surface area contributed by atoms with Crippen LogP contribution in [0.3, 0.4) is 0 Å². The molecule has 0 spiro atoms. The Bertz CT molecular complexity index is 801. The summed E-state index contributed by atoms with van der Waals surface area (Å²) in [4.78, 5) is 32.9. The zero-order valence-corrected chi connectivity index (χ0v) is 30.7. The SMILES string of the molecule is C#C.C=O.CC.CCC.CCCCCCCCN(C(=O)OCc1oc(=O)oc1C)[C@@H](C)CN.CCC[C@H](CCO)O[C@H](CC)CO. The summed E-state index contributed by atoms with van der Waals surface area (Å²) in [6.07, 6.45) is 19.2. The molecular weight excluding hydrogens is 592 g/mol. The Morgan fingerprint density at radius 1 is 0.935 bits per heavy atom. The molecule has 0 bridgehead atoms. The number of hydrogen-bond acceptors (Lipinski definition) is 10. The maximum atomic E-state index is 12.3. The molecule has 274 valence electrons. The third-order valence-electron chi connectivity index (χ3n) is 6.13. The van der Waals surface area contributed by atoms with E-state index in [1.807, 2.05) is 34.5 Å². The molecule has 1 aromatic heterocycles. The number of rotatable bonds is 19. The third kappa shape index (κ3) is 31.3. The molecule has 4 N–H and O–H groups in total. The van der Waals surface area contributed by atoms with E-state index < -0.39 is 11.9 Å². The summed E-state index contributed by atoms with van der Waals surface area (Å²) in [5.74, 6) is -0.242. The van der Waals surface area contributed by atoms with Crippen LogP contribution in [0.5, 0.6) is 0 Å². The molecule has 1 heterocycles. The summed E-state index contributed by atoms with van der Waals surface area (Å²) in [6.45, 7) is 21.1. The highest BCUT2D eigenvalue weighted by atomic mass is 16.6. The van der Waals surface area contributed by atoms with Crippen molar-refractivity contribution in [1.82, 2.24) is 4.90 Å². The molecule has 0 aliphatic carbocycles. The lowest BCUT2D eigenvalue weighted by atomic mass is 10.1. The molecule has 0 aromatic carbocycles. The highest BCUT2D eigenvalue weighted by Crippen LogP contribution is 2.12. The highest BCUT2D eigenvalue weighted by molar-refractivity contribution is 5.68. The number of aryl methyl sites for hydroxylation is 1. The molecule has 1 aromatic rings. The Labute approximate surface area is 280 Å². The Hall–Kier alpha value is -2.65. The van der Waals surface area contributed by atoms with Crippen LogP contribution in [0.25, 0.3) is 0 Å². The van der Waals surface area contributed by atoms with Crippen molar-refractivity contribution in [1.29, 1.82) is 0 Å². The molecule has 0 fully saturated rings. The fourth-order valence-corrected chi connectivity index (χ4v) is 3.68. The monoisotopic (exact) mass is 663 g/mol. The van der Waals surface area contributed by atoms with Crippen LogP contribution in [-0.2, 0) is 20.9 Å². The maximum Gasteiger partial charge on any atom is 0.519 e. The van der Waals surface area contributed by atoms with E-state index in [0.717, 1.165) is 32.1 Å². The van der Waals surface area contributed by atoms with E-state index in [2.05, 4.69) is 40.5 Å². The Balaban J connectivity index is -0.000000214. The van der Waals surface area contributed by atoms with Crippen molar-refractivity contribution in [2.45, 2.75) is 158 Å². The molecular formula is C35H70N2O9. The van der Waals surface area contributed by atoms with Crippen LogP contribution in [0, 0.1) is 19.8 Å². The van der Waals surface area contributed by atoms with Crippen molar-refractivity contribution in [3.05, 3.63) is 22.1 Å². The van der Waals surface area contributed by atoms with Gasteiger partial charge in [-0.2, -0.15) is 0 Å². The summed E-state index contributed by atoms with van der Waals surface area (Å²) in [6, 6.07) is -0.106. The topological polar surface area (TPSA) is 166 Å². The highest BCUT2D eigenvalue weighted by Gasteiger charge is 2.21. The van der Waals surface area contributed by atoms with Crippen LogP contribution in [0.1, 0.15) is 138 Å². The first kappa shape index (κ1) is 52.9. The van der Waals surface area contributed by atoms with Gasteiger partial charge in [0.15, 0.2) is 18.1 Å². The molecule has 1 amide bonds. The number of hydrogen-bond donors (Lipinski definition) is 3. The van der Waals surface area contributed by atoms with E-state index in [9.17, 15) is 9.59 Å². The van der Waals surface area contributed by atoms with Crippen molar-refractivity contribution in [3.8, 4) is 12.8 Å². The van der Waals surface area contributed by atoms with Gasteiger partial charge in [-0.25, -0.2) is 9.59 Å². The summed E-state index contributed by atoms with van der Waals surface area (Å²) in [5.41, 5.74) is 5.69. The van der Waals surface area contributed by atoms with E-state index in [0.29, 0.717) is 25.3 Å². The summed E-state index contributed by atoms with van der Waals surface area (Å²) < 4.78 is 20.4. The minimum atomic E-state index is -0.794. The number of nitrogens with two attached hydrogens (primary N) is 1. The van der Waals surface area contributed by atoms with E-state index in [4.69, 9.17) is 39.0 Å². The van der Waals surface area contributed by atoms with E-state index in [1.54, 1.807) is 11.8 Å². The number of amides is 1. The minimum Gasteiger partial charge on any atom is -0.441 e. The number of carbonyl (C=O) groups excluding carboxylic acids is 2. The third-order valence-corrected chi connectivity index (χ3v) is 6.13. The van der Waals surface area contributed by atoms with Gasteiger partial charge in [-0.15, -0.1) is 12.8 Å². The molecule has 3 atom stereocenters. The quantitative estimate of drug-likeness (QED) is 0.103. The first-order valence-electron chi connectivity index (χ1n) is 16.9. The van der Waals surface area contributed by atoms with Gasteiger partial charge < -0.3 is 43.9 Å². The van der Waals surface area contributed by atoms with Gasteiger partial charge in [-0.05, 0) is 39.5 Å². The van der Waals surface area contributed by atoms with Crippen LogP contribution < -0.4 is 11.6 Å². The minimum absolute atomic E-state index is 0.0666. The van der Waals surface area contributed by atoms with Crippen LogP contribution in [0.2, 0.25) is 0 Å². The van der Waals surface area contributed by atoms with Gasteiger partial charge in [-0.3, -0.25) is 0 Å². The van der Waals surface area contributed by atoms with Gasteiger partial charge in [0.05, 0.1) is 18.8 Å². The van der Waals surface area contributed by atoms with Crippen molar-refractivity contribution in [3.63, 3.8) is 0 Å². The lowest BCUT2D eigenvalue weighted by Crippen LogP contribution is -2.43. The molecule has 0 saturated heterocycles. The van der Waals surface area contributed by atoms with Gasteiger partial charge in [0.1, 0.15) is 6.79 Å². The van der Waals surface area contributed by atoms with Crippen LogP contribution in [0.4, 0.5) is 4.79 Å². The molecule has 0 aliphatic rings. The molecule has 0 radical (unpaired) electrons. The number of nitrogens with zero attached hydrogens (tertiary/aromatic N) is 1. The normalized spacial score (nSPS) is 11.4. The van der Waals surface area contributed by atoms with Crippen LogP contribution in [-0.4, -0.2) is 72.5 Å². The Morgan fingerprint density at radius 2 is 1.48 bits per heavy atom. The molecule has 11 heteroatoms. The second-order valence-electron chi connectivity index (χ2n) is 10.0. The number of unbranched alkanes of at least 4 members (excludes halogenated alkanes) is 5. The standard InChI is InChI=1S/C17H30N2O5.C10H22O3.C3H8.C2H6.C2H2.CH2O/c1-4-5-6-7-8-9-10-19(13(2)11-18)16(20)22-12-15-14(3)23-17(21)24-15;1-3-5-10(6-7-11)13-9(4-2)8-12;1-3-2;3*1-2/h13H,4-12,18H2,1-3H3;9-12H,3-8H2,1-2H3;3H2,1-2H3;1-2H3;1-2H;1H2/t13-;9-,10-;;;;/m01..../s1. The van der Waals surface area contributed by atoms with Gasteiger partial charge in [-0.1, -0.05) is 93.4 Å². The second-order valence-corrected chi connectivity index (χ2v) is 10.0.